The van der Waals surface area contributed by atoms with E-state index < -0.39 is 11.2 Å². The van der Waals surface area contributed by atoms with Crippen LogP contribution in [-0.2, 0) is 4.79 Å². The van der Waals surface area contributed by atoms with Crippen LogP contribution in [0.1, 0.15) is 16.4 Å². The first-order valence-electron chi connectivity index (χ1n) is 7.48. The van der Waals surface area contributed by atoms with Gasteiger partial charge >= 0.3 is 5.97 Å². The molecule has 0 aliphatic carbocycles. The van der Waals surface area contributed by atoms with Crippen molar-refractivity contribution in [3.8, 4) is 5.75 Å². The van der Waals surface area contributed by atoms with Gasteiger partial charge < -0.3 is 9.84 Å². The number of methoxy groups -OCH3 is 1. The minimum atomic E-state index is -0.878. The Bertz CT molecular complexity index is 880. The summed E-state index contributed by atoms with van der Waals surface area (Å²) in [7, 11) is 1.61. The molecule has 1 aromatic heterocycles. The van der Waals surface area contributed by atoms with Crippen molar-refractivity contribution >= 4 is 28.6 Å². The van der Waals surface area contributed by atoms with E-state index in [1.165, 1.54) is 11.8 Å². The van der Waals surface area contributed by atoms with Crippen molar-refractivity contribution in [1.29, 1.82) is 0 Å². The van der Waals surface area contributed by atoms with Gasteiger partial charge in [0.15, 0.2) is 0 Å². The van der Waals surface area contributed by atoms with E-state index in [0.29, 0.717) is 5.03 Å². The number of thioether (sulfide) groups is 1. The van der Waals surface area contributed by atoms with Crippen molar-refractivity contribution in [1.82, 2.24) is 4.98 Å². The van der Waals surface area contributed by atoms with Crippen LogP contribution in [0.2, 0.25) is 0 Å². The zero-order chi connectivity index (χ0) is 17.1. The van der Waals surface area contributed by atoms with Crippen LogP contribution < -0.4 is 4.74 Å². The van der Waals surface area contributed by atoms with Crippen molar-refractivity contribution in [2.45, 2.75) is 17.2 Å². The summed E-state index contributed by atoms with van der Waals surface area (Å²) in [6.07, 6.45) is 0. The summed E-state index contributed by atoms with van der Waals surface area (Å²) in [4.78, 5) is 16.3. The maximum atomic E-state index is 11.7. The van der Waals surface area contributed by atoms with Crippen LogP contribution in [-0.4, -0.2) is 23.2 Å². The number of carbonyl (C=O) groups is 1. The number of rotatable bonds is 5. The molecule has 2 aromatic carbocycles. The Morgan fingerprint density at radius 2 is 1.92 bits per heavy atom. The molecule has 0 aliphatic rings. The number of benzene rings is 2. The molecule has 0 unspecified atom stereocenters. The fourth-order valence-electron chi connectivity index (χ4n) is 2.55. The average Bonchev–Trinajstić information content (AvgIpc) is 2.59. The Labute approximate surface area is 144 Å². The zero-order valence-corrected chi connectivity index (χ0v) is 14.2. The van der Waals surface area contributed by atoms with Crippen LogP contribution in [0.3, 0.4) is 0 Å². The molecule has 0 radical (unpaired) electrons. The lowest BCUT2D eigenvalue weighted by molar-refractivity contribution is -0.136. The first-order valence-corrected chi connectivity index (χ1v) is 8.36. The fourth-order valence-corrected chi connectivity index (χ4v) is 3.58. The fraction of sp³-hybridized carbons (Fsp3) is 0.158. The van der Waals surface area contributed by atoms with E-state index in [-0.39, 0.29) is 0 Å². The van der Waals surface area contributed by atoms with Gasteiger partial charge in [0.1, 0.15) is 11.0 Å². The van der Waals surface area contributed by atoms with E-state index in [1.54, 1.807) is 7.11 Å². The highest BCUT2D eigenvalue weighted by atomic mass is 32.2. The van der Waals surface area contributed by atoms with Crippen molar-refractivity contribution < 1.29 is 14.6 Å². The molecule has 1 N–H and O–H groups in total. The van der Waals surface area contributed by atoms with Crippen molar-refractivity contribution in [3.05, 3.63) is 65.7 Å². The molecular weight excluding hydrogens is 322 g/mol. The quantitative estimate of drug-likeness (QED) is 0.695. The SMILES string of the molecule is COc1ccc2c(C)cc(S[C@H](C(=O)O)c3ccccc3)nc2c1. The zero-order valence-electron chi connectivity index (χ0n) is 13.4. The smallest absolute Gasteiger partial charge is 0.321 e. The highest BCUT2D eigenvalue weighted by molar-refractivity contribution is 8.00. The molecule has 5 heteroatoms. The lowest BCUT2D eigenvalue weighted by Gasteiger charge is -2.13. The van der Waals surface area contributed by atoms with Gasteiger partial charge in [-0.15, -0.1) is 0 Å². The summed E-state index contributed by atoms with van der Waals surface area (Å²) >= 11 is 1.24. The first-order chi connectivity index (χ1) is 11.6. The Morgan fingerprint density at radius 3 is 2.58 bits per heavy atom. The predicted molar refractivity (Wildman–Crippen MR) is 95.7 cm³/mol. The minimum absolute atomic E-state index is 0.685. The number of aliphatic carboxylic acids is 1. The second-order valence-corrected chi connectivity index (χ2v) is 6.53. The number of nitrogens with zero attached hydrogens (tertiary/aromatic N) is 1. The largest absolute Gasteiger partial charge is 0.497 e. The Hall–Kier alpha value is -2.53. The standard InChI is InChI=1S/C19H17NO3S/c1-12-10-17(20-16-11-14(23-2)8-9-15(12)16)24-18(19(21)22)13-6-4-3-5-7-13/h3-11,18H,1-2H3,(H,21,22)/t18-/m0/s1. The highest BCUT2D eigenvalue weighted by Crippen LogP contribution is 2.36. The number of pyridine rings is 1. The summed E-state index contributed by atoms with van der Waals surface area (Å²) in [5.41, 5.74) is 2.61. The summed E-state index contributed by atoms with van der Waals surface area (Å²) < 4.78 is 5.25. The Kier molecular flexibility index (Phi) is 4.71. The average molecular weight is 339 g/mol. The molecule has 0 aliphatic heterocycles. The molecule has 0 bridgehead atoms. The molecule has 122 valence electrons. The third kappa shape index (κ3) is 3.36. The van der Waals surface area contributed by atoms with Gasteiger partial charge in [-0.05, 0) is 36.2 Å². The summed E-state index contributed by atoms with van der Waals surface area (Å²) in [5.74, 6) is -0.147. The number of hydrogen-bond acceptors (Lipinski definition) is 4. The van der Waals surface area contributed by atoms with Gasteiger partial charge in [-0.3, -0.25) is 4.79 Å². The summed E-state index contributed by atoms with van der Waals surface area (Å²) in [6, 6.07) is 16.9. The number of hydrogen-bond donors (Lipinski definition) is 1. The second kappa shape index (κ2) is 6.93. The van der Waals surface area contributed by atoms with Gasteiger partial charge in [0.2, 0.25) is 0 Å². The molecule has 0 saturated carbocycles. The van der Waals surface area contributed by atoms with E-state index in [2.05, 4.69) is 4.98 Å². The first kappa shape index (κ1) is 16.3. The third-order valence-electron chi connectivity index (χ3n) is 3.77. The molecule has 0 amide bonds. The second-order valence-electron chi connectivity index (χ2n) is 5.41. The topological polar surface area (TPSA) is 59.4 Å². The van der Waals surface area contributed by atoms with Gasteiger partial charge in [0.05, 0.1) is 17.7 Å². The molecule has 0 spiro atoms. The molecule has 24 heavy (non-hydrogen) atoms. The van der Waals surface area contributed by atoms with E-state index in [1.807, 2.05) is 61.5 Å². The van der Waals surface area contributed by atoms with Crippen LogP contribution >= 0.6 is 11.8 Å². The maximum absolute atomic E-state index is 11.7. The summed E-state index contributed by atoms with van der Waals surface area (Å²) in [6.45, 7) is 2.00. The van der Waals surface area contributed by atoms with Gasteiger partial charge in [-0.25, -0.2) is 4.98 Å². The molecule has 1 atom stereocenters. The van der Waals surface area contributed by atoms with Gasteiger partial charge in [0, 0.05) is 11.5 Å². The Morgan fingerprint density at radius 1 is 1.17 bits per heavy atom. The molecular formula is C19H17NO3S. The molecule has 4 nitrogen and oxygen atoms in total. The van der Waals surface area contributed by atoms with Gasteiger partial charge in [-0.2, -0.15) is 0 Å². The minimum Gasteiger partial charge on any atom is -0.497 e. The predicted octanol–water partition coefficient (Wildman–Crippen LogP) is 4.47. The van der Waals surface area contributed by atoms with Crippen LogP contribution in [0, 0.1) is 6.92 Å². The third-order valence-corrected chi connectivity index (χ3v) is 4.93. The van der Waals surface area contributed by atoms with Crippen molar-refractivity contribution in [3.63, 3.8) is 0 Å². The number of aryl methyl sites for hydroxylation is 1. The number of fused-ring (bicyclic) bond motifs is 1. The molecule has 0 fully saturated rings. The Balaban J connectivity index is 2.00. The number of carboxylic acid groups (broad SMARTS) is 1. The van der Waals surface area contributed by atoms with E-state index in [4.69, 9.17) is 4.74 Å². The van der Waals surface area contributed by atoms with E-state index in [0.717, 1.165) is 27.8 Å². The van der Waals surface area contributed by atoms with E-state index in [9.17, 15) is 9.90 Å². The van der Waals surface area contributed by atoms with Crippen LogP contribution in [0.15, 0.2) is 59.6 Å². The molecule has 3 rings (SSSR count). The van der Waals surface area contributed by atoms with Crippen LogP contribution in [0.25, 0.3) is 10.9 Å². The van der Waals surface area contributed by atoms with Crippen molar-refractivity contribution in [2.24, 2.45) is 0 Å². The molecule has 1 heterocycles. The summed E-state index contributed by atoms with van der Waals surface area (Å²) in [5, 5.41) is 10.6. The monoisotopic (exact) mass is 339 g/mol. The highest BCUT2D eigenvalue weighted by Gasteiger charge is 2.22. The van der Waals surface area contributed by atoms with Gasteiger partial charge in [-0.1, -0.05) is 42.1 Å². The molecule has 3 aromatic rings. The number of ether oxygens (including phenoxy) is 1. The van der Waals surface area contributed by atoms with Crippen LogP contribution in [0.5, 0.6) is 5.75 Å². The van der Waals surface area contributed by atoms with Crippen LogP contribution in [0.4, 0.5) is 0 Å². The maximum Gasteiger partial charge on any atom is 0.321 e. The number of aromatic nitrogens is 1. The molecule has 0 saturated heterocycles. The van der Waals surface area contributed by atoms with Gasteiger partial charge in [0.25, 0.3) is 0 Å². The lowest BCUT2D eigenvalue weighted by Crippen LogP contribution is -2.08. The normalized spacial score (nSPS) is 12.1. The lowest BCUT2D eigenvalue weighted by atomic mass is 10.1. The van der Waals surface area contributed by atoms with Crippen molar-refractivity contribution in [2.75, 3.05) is 7.11 Å². The van der Waals surface area contributed by atoms with E-state index >= 15 is 0 Å². The number of carboxylic acids is 1.